The van der Waals surface area contributed by atoms with Crippen LogP contribution in [0.2, 0.25) is 0 Å². The number of aromatic nitrogens is 23. The number of hydrogen-bond acceptors (Lipinski definition) is 19. The van der Waals surface area contributed by atoms with Crippen molar-refractivity contribution in [3.05, 3.63) is 241 Å². The van der Waals surface area contributed by atoms with Gasteiger partial charge >= 0.3 is 0 Å². The first-order valence-electron chi connectivity index (χ1n) is 58.6. The fraction of sp³-hybridized carbons (Fsp3) is 0.693. The fourth-order valence-corrected chi connectivity index (χ4v) is 2.63. The Balaban J connectivity index is -0.0000000304. The minimum Gasteiger partial charge on any atom is -0.351 e. The Morgan fingerprint density at radius 2 is 0.340 bits per heavy atom. The van der Waals surface area contributed by atoms with Crippen molar-refractivity contribution in [2.45, 2.75) is 533 Å². The number of hydrogen-bond donors (Lipinski definition) is 4. The van der Waals surface area contributed by atoms with Gasteiger partial charge in [-0.3, -0.25) is 25.1 Å². The molecule has 0 spiro atoms. The summed E-state index contributed by atoms with van der Waals surface area (Å²) in [5.41, 5.74) is 0. The van der Waals surface area contributed by atoms with E-state index < -0.39 is 0 Å². The molecule has 0 unspecified atom stereocenters. The molecule has 0 aliphatic rings. The van der Waals surface area contributed by atoms with Gasteiger partial charge in [0, 0.05) is 93.0 Å². The van der Waals surface area contributed by atoms with Gasteiger partial charge in [-0.1, -0.05) is 576 Å². The Kier molecular flexibility index (Phi) is 577. The third-order valence-electron chi connectivity index (χ3n) is 4.95. The van der Waals surface area contributed by atoms with Gasteiger partial charge in [0.25, 0.3) is 0 Å². The van der Waals surface area contributed by atoms with Gasteiger partial charge in [-0.05, 0) is 101 Å². The van der Waals surface area contributed by atoms with Gasteiger partial charge in [0.15, 0.2) is 0 Å². The Labute approximate surface area is 949 Å². The van der Waals surface area contributed by atoms with Crippen LogP contribution in [-0.2, 0) is 0 Å². The zero-order valence-corrected chi connectivity index (χ0v) is 116. The second-order valence-corrected chi connectivity index (χ2v) is 28.4. The lowest BCUT2D eigenvalue weighted by atomic mass is 10.3. The minimum atomic E-state index is 0.833. The Morgan fingerprint density at radius 3 is 0.413 bits per heavy atom. The van der Waals surface area contributed by atoms with Crippen molar-refractivity contribution in [1.29, 1.82) is 0 Å². The Morgan fingerprint density at radius 1 is 0.127 bits per heavy atom. The van der Waals surface area contributed by atoms with Crippen LogP contribution in [0, 0.1) is 65.1 Å². The van der Waals surface area contributed by atoms with Crippen molar-refractivity contribution < 1.29 is 0 Å². The van der Waals surface area contributed by atoms with Crippen LogP contribution in [0.3, 0.4) is 0 Å². The number of aromatic amines is 4. The summed E-state index contributed by atoms with van der Waals surface area (Å²) in [6.45, 7) is 159. The lowest BCUT2D eigenvalue weighted by molar-refractivity contribution is 0.736. The standard InChI is InChI=1S/C6H6.C5H5N.3C4H4N2.11C4H10.2C3H3N3.2C3H4N2.2C2H3N3.22C2H6/c2*1-2-4-6-5-3-1;1-2-6-4-3-5-1;1-2-5-4-6-3-1;1-2-4-6-5-3-1;11*1-4(2)3;1-4-2-6-3-5-1;1-2-5-6-3-4-1;1-2-5-3-4-1;1-2-4-5-3-1;1-3-2-5-4-1;1-2-4-5-3-1;22*1-2/h1-6H;1-5H;3*1-4H;11*4H,1-3H3;2*1-3H;2*1-3H,(H,4,5);2*1-2H,(H,3,4,5);22*1-2H3. The van der Waals surface area contributed by atoms with Crippen molar-refractivity contribution in [2.75, 3.05) is 0 Å². The maximum atomic E-state index is 3.78. The fourth-order valence-electron chi connectivity index (χ4n) is 2.63. The molecule has 0 fully saturated rings. The molecular weight excluding hydrogens is 1850 g/mol. The summed E-state index contributed by atoms with van der Waals surface area (Å²) in [6, 6.07) is 25.0. The van der Waals surface area contributed by atoms with Gasteiger partial charge < -0.3 is 4.98 Å². The van der Waals surface area contributed by atoms with Crippen LogP contribution in [0.25, 0.3) is 0 Å². The van der Waals surface area contributed by atoms with E-state index in [1.807, 2.05) is 377 Å². The zero-order chi connectivity index (χ0) is 127. The molecule has 0 saturated heterocycles. The highest BCUT2D eigenvalue weighted by Crippen LogP contribution is 1.87. The van der Waals surface area contributed by atoms with E-state index in [0.29, 0.717) is 0 Å². The predicted molar refractivity (Wildman–Crippen MR) is 702 cm³/mol. The number of imidazole rings is 1. The maximum absolute atomic E-state index is 3.78. The highest BCUT2D eigenvalue weighted by atomic mass is 15.3. The molecular formula is C127H285N23. The van der Waals surface area contributed by atoms with Gasteiger partial charge in [0.2, 0.25) is 0 Å². The largest absolute Gasteiger partial charge is 0.351 e. The number of H-pyrrole nitrogens is 4. The summed E-state index contributed by atoms with van der Waals surface area (Å²) in [5.74, 6) is 9.17. The normalized spacial score (nSPS) is 6.83. The highest BCUT2D eigenvalue weighted by Gasteiger charge is 1.74. The summed E-state index contributed by atoms with van der Waals surface area (Å²) in [7, 11) is 0. The monoisotopic (exact) mass is 2130 g/mol. The molecule has 23 heteroatoms. The van der Waals surface area contributed by atoms with E-state index in [1.54, 1.807) is 118 Å². The van der Waals surface area contributed by atoms with Gasteiger partial charge in [-0.25, -0.2) is 39.9 Å². The van der Waals surface area contributed by atoms with E-state index in [0.717, 1.165) is 65.1 Å². The quantitative estimate of drug-likeness (QED) is 0.110. The van der Waals surface area contributed by atoms with Crippen molar-refractivity contribution in [1.82, 2.24) is 116 Å². The molecule has 0 aliphatic carbocycles. The van der Waals surface area contributed by atoms with Gasteiger partial charge in [-0.2, -0.15) is 40.9 Å². The average molecular weight is 2130 g/mol. The molecule has 10 aromatic heterocycles. The lowest BCUT2D eigenvalue weighted by Crippen LogP contribution is -1.75. The Hall–Kier alpha value is -9.67. The van der Waals surface area contributed by atoms with Crippen LogP contribution < -0.4 is 0 Å². The lowest BCUT2D eigenvalue weighted by Gasteiger charge is -1.79. The van der Waals surface area contributed by atoms with Crippen molar-refractivity contribution in [2.24, 2.45) is 65.1 Å². The smallest absolute Gasteiger partial charge is 0.138 e. The first-order chi connectivity index (χ1) is 72.1. The molecule has 0 saturated carbocycles. The SMILES string of the molecule is CC.CC.CC.CC.CC.CC.CC.CC.CC.CC.CC.CC.CC.CC.CC.CC.CC.CC.CC.CC.CC.CC.CC(C)C.CC(C)C.CC(C)C.CC(C)C.CC(C)C.CC(C)C.CC(C)C.CC(C)C.CC(C)C.CC(C)C.CC(C)C.c1c[nH]cn1.c1ccccc1.c1ccncc1.c1ccnnc1.c1cn[nH]c1.c1cn[nH]n1.c1cnccn1.c1cncnc1.c1cnncn1.c1nc[nH]n1.c1ncncn1. The van der Waals surface area contributed by atoms with E-state index in [2.05, 4.69) is 344 Å². The van der Waals surface area contributed by atoms with Crippen LogP contribution in [-0.4, -0.2) is 116 Å². The maximum Gasteiger partial charge on any atom is 0.138 e. The molecule has 0 bridgehead atoms. The highest BCUT2D eigenvalue weighted by molar-refractivity contribution is 4.99. The van der Waals surface area contributed by atoms with Crippen LogP contribution in [0.4, 0.5) is 0 Å². The molecule has 0 amide bonds. The van der Waals surface area contributed by atoms with E-state index in [1.165, 1.54) is 50.5 Å². The zero-order valence-electron chi connectivity index (χ0n) is 116. The molecule has 23 nitrogen and oxygen atoms in total. The van der Waals surface area contributed by atoms with Crippen molar-refractivity contribution in [3.63, 3.8) is 0 Å². The molecule has 0 aliphatic heterocycles. The topological polar surface area (TPSA) is 308 Å². The minimum absolute atomic E-state index is 0.833. The van der Waals surface area contributed by atoms with E-state index in [4.69, 9.17) is 0 Å². The number of nitrogens with one attached hydrogen (secondary N) is 4. The number of pyridine rings is 1. The second kappa shape index (κ2) is 366. The van der Waals surface area contributed by atoms with E-state index >= 15 is 0 Å². The van der Waals surface area contributed by atoms with Crippen molar-refractivity contribution >= 4 is 0 Å². The molecule has 11 rings (SSSR count). The Bertz CT molecular complexity index is 1950. The third kappa shape index (κ3) is 953. The third-order valence-corrected chi connectivity index (χ3v) is 4.95. The van der Waals surface area contributed by atoms with Gasteiger partial charge in [0.1, 0.15) is 44.3 Å². The molecule has 10 heterocycles. The van der Waals surface area contributed by atoms with Crippen LogP contribution in [0.5, 0.6) is 0 Å². The van der Waals surface area contributed by atoms with Gasteiger partial charge in [-0.15, -0.1) is 5.10 Å². The molecule has 150 heavy (non-hydrogen) atoms. The summed E-state index contributed by atoms with van der Waals surface area (Å²) in [6.07, 6.45) is 41.7. The summed E-state index contributed by atoms with van der Waals surface area (Å²) in [5, 5.41) is 35.5. The first kappa shape index (κ1) is 236. The van der Waals surface area contributed by atoms with Crippen LogP contribution in [0.1, 0.15) is 533 Å². The molecule has 0 atom stereocenters. The first-order valence-corrected chi connectivity index (χ1v) is 58.6. The number of benzene rings is 1. The number of nitrogens with zero attached hydrogens (tertiary/aromatic N) is 19. The van der Waals surface area contributed by atoms with E-state index in [-0.39, 0.29) is 0 Å². The molecule has 1 aromatic carbocycles. The molecule has 11 aromatic rings. The van der Waals surface area contributed by atoms with E-state index in [9.17, 15) is 0 Å². The van der Waals surface area contributed by atoms with Crippen molar-refractivity contribution in [3.8, 4) is 0 Å². The average Bonchev–Trinajstić information content (AvgIpc) is 1.93. The van der Waals surface area contributed by atoms with Crippen LogP contribution >= 0.6 is 0 Å². The number of rotatable bonds is 0. The molecule has 0 radical (unpaired) electrons. The summed E-state index contributed by atoms with van der Waals surface area (Å²) >= 11 is 0. The molecule has 908 valence electrons. The second-order valence-electron chi connectivity index (χ2n) is 28.4. The predicted octanol–water partition coefficient (Wildman–Crippen LogP) is 45.2. The summed E-state index contributed by atoms with van der Waals surface area (Å²) < 4.78 is 0. The van der Waals surface area contributed by atoms with Gasteiger partial charge in [0.05, 0.1) is 24.9 Å². The van der Waals surface area contributed by atoms with Crippen LogP contribution in [0.15, 0.2) is 241 Å². The summed E-state index contributed by atoms with van der Waals surface area (Å²) in [4.78, 5) is 42.8. The molecule has 4 N–H and O–H groups in total.